The van der Waals surface area contributed by atoms with E-state index in [9.17, 15) is 8.42 Å². The first-order valence-electron chi connectivity index (χ1n) is 6.89. The van der Waals surface area contributed by atoms with Crippen molar-refractivity contribution in [2.24, 2.45) is 5.92 Å². The Balaban J connectivity index is 1.88. The molecule has 1 aromatic heterocycles. The highest BCUT2D eigenvalue weighted by Gasteiger charge is 2.42. The Kier molecular flexibility index (Phi) is 3.64. The minimum absolute atomic E-state index is 0.141. The summed E-state index contributed by atoms with van der Waals surface area (Å²) < 4.78 is 29.0. The van der Waals surface area contributed by atoms with Gasteiger partial charge in [-0.15, -0.1) is 0 Å². The van der Waals surface area contributed by atoms with Gasteiger partial charge in [0.2, 0.25) is 0 Å². The lowest BCUT2D eigenvalue weighted by atomic mass is 10.1. The van der Waals surface area contributed by atoms with Crippen LogP contribution in [-0.4, -0.2) is 42.8 Å². The predicted molar refractivity (Wildman–Crippen MR) is 78.8 cm³/mol. The number of nitrogens with zero attached hydrogens (tertiary/aromatic N) is 2. The smallest absolute Gasteiger partial charge is 0.187 e. The predicted octanol–water partition coefficient (Wildman–Crippen LogP) is 0.870. The highest BCUT2D eigenvalue weighted by molar-refractivity contribution is 7.92. The lowest BCUT2D eigenvalue weighted by Crippen LogP contribution is -2.22. The molecule has 0 amide bonds. The monoisotopic (exact) mass is 317 g/mol. The van der Waals surface area contributed by atoms with Crippen LogP contribution in [0.15, 0.2) is 4.90 Å². The molecule has 1 aliphatic heterocycles. The Morgan fingerprint density at radius 2 is 2.15 bits per heavy atom. The van der Waals surface area contributed by atoms with Crippen molar-refractivity contribution in [3.63, 3.8) is 0 Å². The van der Waals surface area contributed by atoms with Crippen molar-refractivity contribution in [1.82, 2.24) is 4.37 Å². The van der Waals surface area contributed by atoms with E-state index in [1.807, 2.05) is 0 Å². The summed E-state index contributed by atoms with van der Waals surface area (Å²) in [6.45, 7) is 1.76. The fourth-order valence-electron chi connectivity index (χ4n) is 2.73. The van der Waals surface area contributed by atoms with Crippen molar-refractivity contribution in [2.75, 3.05) is 30.3 Å². The molecule has 2 heterocycles. The van der Waals surface area contributed by atoms with Crippen LogP contribution in [0.4, 0.5) is 10.8 Å². The van der Waals surface area contributed by atoms with E-state index in [1.54, 1.807) is 0 Å². The van der Waals surface area contributed by atoms with E-state index in [0.717, 1.165) is 38.8 Å². The topological polar surface area (TPSA) is 96.5 Å². The van der Waals surface area contributed by atoms with Gasteiger partial charge in [0.05, 0.1) is 5.25 Å². The Hall–Kier alpha value is -0.860. The quantitative estimate of drug-likeness (QED) is 0.836. The maximum absolute atomic E-state index is 12.5. The highest BCUT2D eigenvalue weighted by Crippen LogP contribution is 2.43. The van der Waals surface area contributed by atoms with E-state index in [4.69, 9.17) is 10.8 Å². The largest absolute Gasteiger partial charge is 0.396 e. The van der Waals surface area contributed by atoms with Crippen molar-refractivity contribution in [3.8, 4) is 0 Å². The van der Waals surface area contributed by atoms with Crippen molar-refractivity contribution < 1.29 is 13.5 Å². The fraction of sp³-hybridized carbons (Fsp3) is 0.750. The number of aliphatic hydroxyl groups is 1. The molecule has 0 aromatic carbocycles. The Morgan fingerprint density at radius 3 is 2.80 bits per heavy atom. The molecule has 112 valence electrons. The molecule has 2 aliphatic rings. The second-order valence-corrected chi connectivity index (χ2v) is 8.48. The van der Waals surface area contributed by atoms with Gasteiger partial charge in [0, 0.05) is 19.7 Å². The minimum atomic E-state index is -3.32. The number of hydrogen-bond donors (Lipinski definition) is 2. The molecule has 1 aromatic rings. The molecule has 20 heavy (non-hydrogen) atoms. The molecule has 6 nitrogen and oxygen atoms in total. The summed E-state index contributed by atoms with van der Waals surface area (Å²) in [4.78, 5) is 2.30. The first-order valence-corrected chi connectivity index (χ1v) is 9.21. The van der Waals surface area contributed by atoms with Crippen molar-refractivity contribution in [3.05, 3.63) is 0 Å². The zero-order valence-corrected chi connectivity index (χ0v) is 12.8. The number of rotatable bonds is 5. The molecule has 1 saturated carbocycles. The number of sulfone groups is 1. The second-order valence-electron chi connectivity index (χ2n) is 5.56. The molecule has 1 aliphatic carbocycles. The van der Waals surface area contributed by atoms with Crippen LogP contribution in [0.2, 0.25) is 0 Å². The van der Waals surface area contributed by atoms with E-state index in [2.05, 4.69) is 9.27 Å². The molecular formula is C12H19N3O3S2. The Labute approximate surface area is 122 Å². The van der Waals surface area contributed by atoms with E-state index in [-0.39, 0.29) is 22.6 Å². The standard InChI is InChI=1S/C12H19N3O3S2/c13-11-10(20(17,18)9-1-2-9)12(19-14-11)15-5-3-8(7-15)4-6-16/h8-9,16H,1-7H2,(H2,13,14). The minimum Gasteiger partial charge on any atom is -0.396 e. The summed E-state index contributed by atoms with van der Waals surface area (Å²) in [6, 6.07) is 0. The summed E-state index contributed by atoms with van der Waals surface area (Å²) in [5.41, 5.74) is 5.81. The fourth-order valence-corrected chi connectivity index (χ4v) is 5.80. The maximum Gasteiger partial charge on any atom is 0.187 e. The number of hydrogen-bond acceptors (Lipinski definition) is 7. The van der Waals surface area contributed by atoms with Crippen molar-refractivity contribution in [1.29, 1.82) is 0 Å². The van der Waals surface area contributed by atoms with Gasteiger partial charge >= 0.3 is 0 Å². The molecule has 0 bridgehead atoms. The van der Waals surface area contributed by atoms with Crippen molar-refractivity contribution in [2.45, 2.75) is 35.8 Å². The zero-order chi connectivity index (χ0) is 14.3. The molecule has 1 saturated heterocycles. The molecule has 0 radical (unpaired) electrons. The van der Waals surface area contributed by atoms with E-state index >= 15 is 0 Å². The summed E-state index contributed by atoms with van der Waals surface area (Å²) in [6.07, 6.45) is 3.19. The van der Waals surface area contributed by atoms with Gasteiger partial charge in [-0.2, -0.15) is 4.37 Å². The Bertz CT molecular complexity index is 595. The van der Waals surface area contributed by atoms with E-state index < -0.39 is 9.84 Å². The zero-order valence-electron chi connectivity index (χ0n) is 11.2. The van der Waals surface area contributed by atoms with Gasteiger partial charge in [-0.25, -0.2) is 8.42 Å². The third-order valence-electron chi connectivity index (χ3n) is 4.02. The summed E-state index contributed by atoms with van der Waals surface area (Å²) in [5.74, 6) is 0.558. The van der Waals surface area contributed by atoms with Gasteiger partial charge in [0.25, 0.3) is 0 Å². The van der Waals surface area contributed by atoms with E-state index in [1.165, 1.54) is 11.5 Å². The number of anilines is 2. The van der Waals surface area contributed by atoms with Gasteiger partial charge in [-0.1, -0.05) is 0 Å². The molecule has 3 N–H and O–H groups in total. The number of nitrogen functional groups attached to an aromatic ring is 1. The molecule has 0 spiro atoms. The first kappa shape index (κ1) is 14.1. The van der Waals surface area contributed by atoms with Gasteiger partial charge in [0.1, 0.15) is 9.90 Å². The molecule has 1 atom stereocenters. The third-order valence-corrected chi connectivity index (χ3v) is 7.39. The summed E-state index contributed by atoms with van der Waals surface area (Å²) >= 11 is 1.17. The third kappa shape index (κ3) is 2.40. The van der Waals surface area contributed by atoms with Crippen molar-refractivity contribution >= 4 is 32.2 Å². The van der Waals surface area contributed by atoms with Crippen LogP contribution in [0.3, 0.4) is 0 Å². The first-order chi connectivity index (χ1) is 9.54. The SMILES string of the molecule is Nc1nsc(N2CCC(CCO)C2)c1S(=O)(=O)C1CC1. The number of nitrogens with two attached hydrogens (primary N) is 1. The van der Waals surface area contributed by atoms with Crippen LogP contribution in [0.1, 0.15) is 25.7 Å². The van der Waals surface area contributed by atoms with Crippen LogP contribution < -0.4 is 10.6 Å². The normalized spacial score (nSPS) is 23.4. The summed E-state index contributed by atoms with van der Waals surface area (Å²) in [5, 5.41) is 9.43. The van der Waals surface area contributed by atoms with Crippen LogP contribution in [0, 0.1) is 5.92 Å². The molecule has 8 heteroatoms. The van der Waals surface area contributed by atoms with Gasteiger partial charge in [0.15, 0.2) is 15.7 Å². The lowest BCUT2D eigenvalue weighted by molar-refractivity contribution is 0.263. The van der Waals surface area contributed by atoms with Gasteiger partial charge in [-0.3, -0.25) is 0 Å². The summed E-state index contributed by atoms with van der Waals surface area (Å²) in [7, 11) is -3.32. The molecule has 1 unspecified atom stereocenters. The van der Waals surface area contributed by atoms with Crippen LogP contribution >= 0.6 is 11.5 Å². The molecule has 3 rings (SSSR count). The number of aromatic nitrogens is 1. The average molecular weight is 317 g/mol. The van der Waals surface area contributed by atoms with Crippen LogP contribution in [0.25, 0.3) is 0 Å². The molecular weight excluding hydrogens is 298 g/mol. The number of aliphatic hydroxyl groups excluding tert-OH is 1. The highest BCUT2D eigenvalue weighted by atomic mass is 32.2. The van der Waals surface area contributed by atoms with Gasteiger partial charge in [-0.05, 0) is 43.1 Å². The van der Waals surface area contributed by atoms with Gasteiger partial charge < -0.3 is 15.7 Å². The van der Waals surface area contributed by atoms with Crippen LogP contribution in [0.5, 0.6) is 0 Å². The van der Waals surface area contributed by atoms with Crippen LogP contribution in [-0.2, 0) is 9.84 Å². The lowest BCUT2D eigenvalue weighted by Gasteiger charge is -2.18. The average Bonchev–Trinajstić information content (AvgIpc) is 3.05. The van der Waals surface area contributed by atoms with E-state index in [0.29, 0.717) is 10.9 Å². The second kappa shape index (κ2) is 5.16. The maximum atomic E-state index is 12.5. The Morgan fingerprint density at radius 1 is 1.40 bits per heavy atom. The molecule has 2 fully saturated rings.